The summed E-state index contributed by atoms with van der Waals surface area (Å²) in [4.78, 5) is 23.5. The van der Waals surface area contributed by atoms with E-state index in [1.165, 1.54) is 12.1 Å². The summed E-state index contributed by atoms with van der Waals surface area (Å²) < 4.78 is 24.2. The smallest absolute Gasteiger partial charge is 0.236 e. The van der Waals surface area contributed by atoms with Gasteiger partial charge in [-0.25, -0.2) is 9.38 Å². The molecule has 2 aliphatic rings. The van der Waals surface area contributed by atoms with Crippen LogP contribution < -0.4 is 10.1 Å². The molecule has 0 aromatic heterocycles. The molecule has 1 aromatic rings. The Morgan fingerprint density at radius 2 is 1.78 bits per heavy atom. The van der Waals surface area contributed by atoms with Crippen molar-refractivity contribution in [2.45, 2.75) is 20.0 Å². The van der Waals surface area contributed by atoms with E-state index in [4.69, 9.17) is 14.5 Å². The largest absolute Gasteiger partial charge is 0.489 e. The number of carbonyl (C=O) groups is 1. The third-order valence-electron chi connectivity index (χ3n) is 5.38. The highest BCUT2D eigenvalue weighted by molar-refractivity contribution is 14.0. The van der Waals surface area contributed by atoms with Crippen LogP contribution >= 0.6 is 24.0 Å². The number of piperazine rings is 1. The van der Waals surface area contributed by atoms with E-state index in [1.54, 1.807) is 12.1 Å². The molecule has 2 aliphatic heterocycles. The van der Waals surface area contributed by atoms with Gasteiger partial charge in [0.25, 0.3) is 0 Å². The van der Waals surface area contributed by atoms with Gasteiger partial charge in [0.1, 0.15) is 17.7 Å². The van der Waals surface area contributed by atoms with E-state index in [9.17, 15) is 9.18 Å². The van der Waals surface area contributed by atoms with Crippen LogP contribution in [0.2, 0.25) is 0 Å². The highest BCUT2D eigenvalue weighted by Gasteiger charge is 2.24. The van der Waals surface area contributed by atoms with Crippen LogP contribution in [0.25, 0.3) is 0 Å². The van der Waals surface area contributed by atoms with Gasteiger partial charge in [-0.15, -0.1) is 24.0 Å². The van der Waals surface area contributed by atoms with Crippen molar-refractivity contribution in [1.29, 1.82) is 0 Å². The summed E-state index contributed by atoms with van der Waals surface area (Å²) in [6.45, 7) is 11.6. The topological polar surface area (TPSA) is 69.6 Å². The molecular weight excluding hydrogens is 528 g/mol. The number of benzene rings is 1. The first-order chi connectivity index (χ1) is 15.0. The van der Waals surface area contributed by atoms with E-state index >= 15 is 0 Å². The number of hydrogen-bond acceptors (Lipinski definition) is 5. The third kappa shape index (κ3) is 8.36. The van der Waals surface area contributed by atoms with Crippen LogP contribution in [-0.4, -0.2) is 105 Å². The van der Waals surface area contributed by atoms with Crippen molar-refractivity contribution in [3.63, 3.8) is 0 Å². The number of ether oxygens (including phenoxy) is 2. The van der Waals surface area contributed by atoms with Crippen molar-refractivity contribution in [2.75, 3.05) is 72.1 Å². The first-order valence-electron chi connectivity index (χ1n) is 11.1. The molecule has 1 atom stereocenters. The van der Waals surface area contributed by atoms with Gasteiger partial charge < -0.3 is 24.6 Å². The van der Waals surface area contributed by atoms with Gasteiger partial charge in [0.15, 0.2) is 5.96 Å². The average Bonchev–Trinajstić information content (AvgIpc) is 2.79. The lowest BCUT2D eigenvalue weighted by molar-refractivity contribution is -0.136. The molecule has 1 N–H and O–H groups in total. The molecule has 3 rings (SSSR count). The number of nitrogens with zero attached hydrogens (tertiary/aromatic N) is 4. The van der Waals surface area contributed by atoms with Crippen molar-refractivity contribution in [3.8, 4) is 5.75 Å². The normalized spacial score (nSPS) is 18.7. The molecule has 1 aromatic carbocycles. The number of aliphatic imine (C=N–C) groups is 1. The summed E-state index contributed by atoms with van der Waals surface area (Å²) in [6.07, 6.45) is -0.133. The molecule has 8 nitrogen and oxygen atoms in total. The zero-order valence-corrected chi connectivity index (χ0v) is 21.3. The molecule has 2 heterocycles. The summed E-state index contributed by atoms with van der Waals surface area (Å²) in [7, 11) is 0. The molecule has 2 saturated heterocycles. The van der Waals surface area contributed by atoms with E-state index < -0.39 is 0 Å². The molecule has 0 aliphatic carbocycles. The molecule has 2 fully saturated rings. The van der Waals surface area contributed by atoms with Crippen molar-refractivity contribution < 1.29 is 18.7 Å². The minimum absolute atomic E-state index is 0. The van der Waals surface area contributed by atoms with Gasteiger partial charge >= 0.3 is 0 Å². The zero-order valence-electron chi connectivity index (χ0n) is 19.0. The van der Waals surface area contributed by atoms with Gasteiger partial charge in [-0.3, -0.25) is 9.69 Å². The van der Waals surface area contributed by atoms with E-state index in [2.05, 4.69) is 15.1 Å². The maximum absolute atomic E-state index is 13.0. The summed E-state index contributed by atoms with van der Waals surface area (Å²) in [6, 6.07) is 6.02. The molecule has 32 heavy (non-hydrogen) atoms. The number of carbonyl (C=O) groups excluding carboxylic acids is 1. The fourth-order valence-corrected chi connectivity index (χ4v) is 3.65. The van der Waals surface area contributed by atoms with Gasteiger partial charge in [0, 0.05) is 45.8 Å². The molecule has 1 amide bonds. The minimum atomic E-state index is -0.279. The second-order valence-corrected chi connectivity index (χ2v) is 7.83. The number of morpholine rings is 1. The van der Waals surface area contributed by atoms with Gasteiger partial charge in [-0.05, 0) is 38.1 Å². The number of amides is 1. The Bertz CT molecular complexity index is 723. The minimum Gasteiger partial charge on any atom is -0.489 e. The third-order valence-corrected chi connectivity index (χ3v) is 5.38. The first kappa shape index (κ1) is 26.6. The Balaban J connectivity index is 0.00000363. The van der Waals surface area contributed by atoms with E-state index in [1.807, 2.05) is 18.7 Å². The molecule has 1 unspecified atom stereocenters. The Labute approximate surface area is 207 Å². The number of halogens is 2. The predicted octanol–water partition coefficient (Wildman–Crippen LogP) is 1.65. The second kappa shape index (κ2) is 13.8. The highest BCUT2D eigenvalue weighted by Crippen LogP contribution is 2.13. The first-order valence-corrected chi connectivity index (χ1v) is 11.1. The lowest BCUT2D eigenvalue weighted by Gasteiger charge is -2.37. The van der Waals surface area contributed by atoms with Gasteiger partial charge in [0.2, 0.25) is 5.91 Å². The van der Waals surface area contributed by atoms with Crippen molar-refractivity contribution >= 4 is 35.8 Å². The second-order valence-electron chi connectivity index (χ2n) is 7.83. The van der Waals surface area contributed by atoms with Gasteiger partial charge in [-0.2, -0.15) is 0 Å². The molecule has 10 heteroatoms. The molecule has 0 radical (unpaired) electrons. The predicted molar refractivity (Wildman–Crippen MR) is 133 cm³/mol. The SMILES string of the molecule is CCNC(=NCC(C)Oc1ccc(F)cc1)N1CCN(CC(=O)N2CCOCC2)CC1.I. The molecular formula is C22H35FIN5O3. The number of guanidine groups is 1. The van der Waals surface area contributed by atoms with Gasteiger partial charge in [-0.1, -0.05) is 0 Å². The summed E-state index contributed by atoms with van der Waals surface area (Å²) in [5.41, 5.74) is 0. The summed E-state index contributed by atoms with van der Waals surface area (Å²) in [5.74, 6) is 1.39. The van der Waals surface area contributed by atoms with Gasteiger partial charge in [0.05, 0.1) is 26.3 Å². The molecule has 0 spiro atoms. The fourth-order valence-electron chi connectivity index (χ4n) is 3.65. The Kier molecular flexibility index (Phi) is 11.5. The Morgan fingerprint density at radius 1 is 1.12 bits per heavy atom. The maximum Gasteiger partial charge on any atom is 0.236 e. The lowest BCUT2D eigenvalue weighted by atomic mass is 10.3. The van der Waals surface area contributed by atoms with Crippen LogP contribution in [0.3, 0.4) is 0 Å². The van der Waals surface area contributed by atoms with Crippen molar-refractivity contribution in [2.24, 2.45) is 4.99 Å². The maximum atomic E-state index is 13.0. The molecule has 180 valence electrons. The number of rotatable bonds is 7. The van der Waals surface area contributed by atoms with E-state index in [-0.39, 0.29) is 41.8 Å². The molecule has 0 bridgehead atoms. The van der Waals surface area contributed by atoms with Crippen LogP contribution in [0.4, 0.5) is 4.39 Å². The summed E-state index contributed by atoms with van der Waals surface area (Å²) >= 11 is 0. The van der Waals surface area contributed by atoms with Crippen LogP contribution in [-0.2, 0) is 9.53 Å². The van der Waals surface area contributed by atoms with Crippen molar-refractivity contribution in [1.82, 2.24) is 20.0 Å². The average molecular weight is 563 g/mol. The molecule has 0 saturated carbocycles. The zero-order chi connectivity index (χ0) is 22.1. The van der Waals surface area contributed by atoms with Crippen LogP contribution in [0.15, 0.2) is 29.3 Å². The van der Waals surface area contributed by atoms with E-state index in [0.717, 1.165) is 38.7 Å². The van der Waals surface area contributed by atoms with Crippen LogP contribution in [0.1, 0.15) is 13.8 Å². The van der Waals surface area contributed by atoms with Crippen LogP contribution in [0, 0.1) is 5.82 Å². The quantitative estimate of drug-likeness (QED) is 0.309. The Morgan fingerprint density at radius 3 is 2.41 bits per heavy atom. The van der Waals surface area contributed by atoms with Crippen molar-refractivity contribution in [3.05, 3.63) is 30.1 Å². The number of hydrogen-bond donors (Lipinski definition) is 1. The highest BCUT2D eigenvalue weighted by atomic mass is 127. The Hall–Kier alpha value is -1.66. The standard InChI is InChI=1S/C22H34FN5O3.HI/c1-3-24-22(25-16-18(2)31-20-6-4-19(23)5-7-20)28-10-8-26(9-11-28)17-21(29)27-12-14-30-15-13-27;/h4-7,18H,3,8-17H2,1-2H3,(H,24,25);1H. The monoisotopic (exact) mass is 563 g/mol. The van der Waals surface area contributed by atoms with Crippen LogP contribution in [0.5, 0.6) is 5.75 Å². The summed E-state index contributed by atoms with van der Waals surface area (Å²) in [5, 5.41) is 3.35. The van der Waals surface area contributed by atoms with E-state index in [0.29, 0.717) is 45.1 Å². The number of nitrogens with one attached hydrogen (secondary N) is 1. The fraction of sp³-hybridized carbons (Fsp3) is 0.636. The lowest BCUT2D eigenvalue weighted by Crippen LogP contribution is -2.55.